The molecule has 150 valence electrons. The van der Waals surface area contributed by atoms with Crippen molar-refractivity contribution in [2.75, 3.05) is 20.2 Å². The number of likely N-dealkylation sites (tertiary alicyclic amines) is 1. The Morgan fingerprint density at radius 3 is 2.52 bits per heavy atom. The zero-order chi connectivity index (χ0) is 19.6. The second kappa shape index (κ2) is 8.42. The van der Waals surface area contributed by atoms with Crippen LogP contribution in [0.5, 0.6) is 0 Å². The van der Waals surface area contributed by atoms with Crippen LogP contribution >= 0.6 is 0 Å². The first kappa shape index (κ1) is 19.9. The van der Waals surface area contributed by atoms with E-state index in [0.29, 0.717) is 0 Å². The molecule has 3 aliphatic rings. The minimum atomic E-state index is -0.660. The van der Waals surface area contributed by atoms with Crippen LogP contribution in [0, 0.1) is 23.7 Å². The van der Waals surface area contributed by atoms with Gasteiger partial charge in [-0.15, -0.1) is 0 Å². The maximum Gasteiger partial charge on any atom is 0.243 e. The molecule has 7 heteroatoms. The number of rotatable bonds is 5. The summed E-state index contributed by atoms with van der Waals surface area (Å²) in [5.74, 6) is -2.01. The standard InChI is InChI=1S/C20H31N3O4/c1-12-8-9-14-16(15(12)18(25)21-2)20(27)23(10-11-24)17(14)19(26)22-13-6-4-3-5-7-13/h8-9,12-17,24H,3-7,10-11H2,1-2H3,(H,21,25)(H,22,26)/t12-,14+,15-,16+,17+/m1/s1. The lowest BCUT2D eigenvalue weighted by atomic mass is 9.70. The Hall–Kier alpha value is -1.89. The molecule has 0 aromatic carbocycles. The minimum absolute atomic E-state index is 0.0775. The lowest BCUT2D eigenvalue weighted by Gasteiger charge is -2.33. The third kappa shape index (κ3) is 3.74. The molecule has 1 aliphatic heterocycles. The third-order valence-electron chi connectivity index (χ3n) is 6.38. The number of allylic oxidation sites excluding steroid dienone is 1. The lowest BCUT2D eigenvalue weighted by molar-refractivity contribution is -0.141. The quantitative estimate of drug-likeness (QED) is 0.606. The summed E-state index contributed by atoms with van der Waals surface area (Å²) in [4.78, 5) is 40.2. The first-order chi connectivity index (χ1) is 13.0. The zero-order valence-corrected chi connectivity index (χ0v) is 16.2. The van der Waals surface area contributed by atoms with Gasteiger partial charge < -0.3 is 20.6 Å². The Balaban J connectivity index is 1.87. The molecule has 0 bridgehead atoms. The van der Waals surface area contributed by atoms with Crippen LogP contribution in [-0.2, 0) is 14.4 Å². The number of hydrogen-bond donors (Lipinski definition) is 3. The first-order valence-electron chi connectivity index (χ1n) is 10.1. The number of carbonyl (C=O) groups is 3. The lowest BCUT2D eigenvalue weighted by Crippen LogP contribution is -2.51. The van der Waals surface area contributed by atoms with Crippen molar-refractivity contribution in [1.29, 1.82) is 0 Å². The SMILES string of the molecule is CNC(=O)[C@H]1[C@H]2C(=O)N(CCO)[C@H](C(=O)NC3CCCCC3)[C@H]2C=C[C@H]1C. The van der Waals surface area contributed by atoms with Crippen molar-refractivity contribution in [3.63, 3.8) is 0 Å². The number of carbonyl (C=O) groups excluding carboxylic acids is 3. The minimum Gasteiger partial charge on any atom is -0.395 e. The molecule has 0 aromatic heterocycles. The van der Waals surface area contributed by atoms with E-state index in [-0.39, 0.29) is 48.8 Å². The molecule has 3 N–H and O–H groups in total. The van der Waals surface area contributed by atoms with Crippen LogP contribution < -0.4 is 10.6 Å². The molecular weight excluding hydrogens is 346 g/mol. The van der Waals surface area contributed by atoms with Gasteiger partial charge in [-0.2, -0.15) is 0 Å². The molecule has 7 nitrogen and oxygen atoms in total. The van der Waals surface area contributed by atoms with Gasteiger partial charge in [0.1, 0.15) is 6.04 Å². The fraction of sp³-hybridized carbons (Fsp3) is 0.750. The molecule has 0 aromatic rings. The van der Waals surface area contributed by atoms with Crippen LogP contribution in [-0.4, -0.2) is 60.0 Å². The monoisotopic (exact) mass is 377 g/mol. The average Bonchev–Trinajstić information content (AvgIpc) is 2.94. The van der Waals surface area contributed by atoms with Crippen LogP contribution in [0.25, 0.3) is 0 Å². The molecular formula is C20H31N3O4. The predicted molar refractivity (Wildman–Crippen MR) is 100 cm³/mol. The van der Waals surface area contributed by atoms with Gasteiger partial charge in [-0.1, -0.05) is 38.3 Å². The molecule has 2 fully saturated rings. The van der Waals surface area contributed by atoms with Gasteiger partial charge in [0.05, 0.1) is 18.4 Å². The summed E-state index contributed by atoms with van der Waals surface area (Å²) >= 11 is 0. The topological polar surface area (TPSA) is 98.7 Å². The van der Waals surface area contributed by atoms with E-state index in [4.69, 9.17) is 0 Å². The summed E-state index contributed by atoms with van der Waals surface area (Å²) in [5, 5.41) is 15.2. The van der Waals surface area contributed by atoms with Crippen molar-refractivity contribution >= 4 is 17.7 Å². The summed E-state index contributed by atoms with van der Waals surface area (Å²) in [7, 11) is 1.57. The van der Waals surface area contributed by atoms with E-state index in [1.165, 1.54) is 11.3 Å². The highest BCUT2D eigenvalue weighted by Gasteiger charge is 2.56. The van der Waals surface area contributed by atoms with E-state index < -0.39 is 17.9 Å². The van der Waals surface area contributed by atoms with Crippen LogP contribution in [0.2, 0.25) is 0 Å². The first-order valence-corrected chi connectivity index (χ1v) is 10.1. The highest BCUT2D eigenvalue weighted by Crippen LogP contribution is 2.43. The molecule has 3 amide bonds. The van der Waals surface area contributed by atoms with Gasteiger partial charge in [-0.05, 0) is 18.8 Å². The van der Waals surface area contributed by atoms with Crippen molar-refractivity contribution in [3.05, 3.63) is 12.2 Å². The van der Waals surface area contributed by atoms with E-state index in [9.17, 15) is 19.5 Å². The van der Waals surface area contributed by atoms with E-state index in [2.05, 4.69) is 10.6 Å². The molecule has 5 atom stereocenters. The van der Waals surface area contributed by atoms with Crippen molar-refractivity contribution in [3.8, 4) is 0 Å². The van der Waals surface area contributed by atoms with Crippen LogP contribution in [0.3, 0.4) is 0 Å². The predicted octanol–water partition coefficient (Wildman–Crippen LogP) is 0.439. The Labute approximate surface area is 160 Å². The number of amides is 3. The van der Waals surface area contributed by atoms with Crippen LogP contribution in [0.1, 0.15) is 39.0 Å². The summed E-state index contributed by atoms with van der Waals surface area (Å²) in [6, 6.07) is -0.509. The molecule has 1 saturated heterocycles. The molecule has 0 spiro atoms. The Bertz CT molecular complexity index is 614. The number of hydrogen-bond acceptors (Lipinski definition) is 4. The number of fused-ring (bicyclic) bond motifs is 1. The molecule has 1 heterocycles. The fourth-order valence-electron chi connectivity index (χ4n) is 5.04. The molecule has 27 heavy (non-hydrogen) atoms. The maximum atomic E-state index is 13.1. The van der Waals surface area contributed by atoms with Crippen LogP contribution in [0.4, 0.5) is 0 Å². The molecule has 1 saturated carbocycles. The van der Waals surface area contributed by atoms with E-state index in [1.54, 1.807) is 7.05 Å². The summed E-state index contributed by atoms with van der Waals surface area (Å²) in [6.45, 7) is 1.82. The molecule has 2 aliphatic carbocycles. The van der Waals surface area contributed by atoms with Crippen molar-refractivity contribution in [2.45, 2.75) is 51.1 Å². The zero-order valence-electron chi connectivity index (χ0n) is 16.2. The highest BCUT2D eigenvalue weighted by atomic mass is 16.3. The summed E-state index contributed by atoms with van der Waals surface area (Å²) in [5.41, 5.74) is 0. The largest absolute Gasteiger partial charge is 0.395 e. The van der Waals surface area contributed by atoms with E-state index >= 15 is 0 Å². The van der Waals surface area contributed by atoms with E-state index in [0.717, 1.165) is 25.7 Å². The Kier molecular flexibility index (Phi) is 6.19. The van der Waals surface area contributed by atoms with Gasteiger partial charge in [-0.3, -0.25) is 14.4 Å². The van der Waals surface area contributed by atoms with E-state index in [1.807, 2.05) is 19.1 Å². The second-order valence-electron chi connectivity index (χ2n) is 8.03. The maximum absolute atomic E-state index is 13.1. The van der Waals surface area contributed by atoms with Gasteiger partial charge in [0.2, 0.25) is 17.7 Å². The van der Waals surface area contributed by atoms with Gasteiger partial charge in [0, 0.05) is 25.6 Å². The summed E-state index contributed by atoms with van der Waals surface area (Å²) < 4.78 is 0. The molecule has 3 rings (SSSR count). The molecule has 0 unspecified atom stereocenters. The number of aliphatic hydroxyl groups excluding tert-OH is 1. The number of β-amino-alcohol motifs (C(OH)–C–C–N with tert-alkyl or cyclic N) is 1. The number of nitrogens with zero attached hydrogens (tertiary/aromatic N) is 1. The third-order valence-corrected chi connectivity index (χ3v) is 6.38. The van der Waals surface area contributed by atoms with Gasteiger partial charge in [0.25, 0.3) is 0 Å². The smallest absolute Gasteiger partial charge is 0.243 e. The summed E-state index contributed by atoms with van der Waals surface area (Å²) in [6.07, 6.45) is 9.22. The second-order valence-corrected chi connectivity index (χ2v) is 8.03. The Morgan fingerprint density at radius 2 is 1.89 bits per heavy atom. The van der Waals surface area contributed by atoms with Crippen molar-refractivity contribution < 1.29 is 19.5 Å². The van der Waals surface area contributed by atoms with Gasteiger partial charge in [0.15, 0.2) is 0 Å². The normalized spacial score (nSPS) is 33.7. The highest BCUT2D eigenvalue weighted by molar-refractivity contribution is 5.96. The number of nitrogens with one attached hydrogen (secondary N) is 2. The molecule has 0 radical (unpaired) electrons. The Morgan fingerprint density at radius 1 is 1.19 bits per heavy atom. The van der Waals surface area contributed by atoms with Gasteiger partial charge in [-0.25, -0.2) is 0 Å². The van der Waals surface area contributed by atoms with Gasteiger partial charge >= 0.3 is 0 Å². The van der Waals surface area contributed by atoms with Crippen molar-refractivity contribution in [2.24, 2.45) is 23.7 Å². The number of aliphatic hydroxyl groups is 1. The average molecular weight is 377 g/mol. The van der Waals surface area contributed by atoms with Crippen LogP contribution in [0.15, 0.2) is 12.2 Å². The fourth-order valence-corrected chi connectivity index (χ4v) is 5.04. The van der Waals surface area contributed by atoms with Crippen molar-refractivity contribution in [1.82, 2.24) is 15.5 Å².